The van der Waals surface area contributed by atoms with Crippen LogP contribution in [0.5, 0.6) is 23.0 Å². The van der Waals surface area contributed by atoms with Crippen molar-refractivity contribution in [1.29, 1.82) is 0 Å². The molecule has 0 aromatic heterocycles. The van der Waals surface area contributed by atoms with Crippen LogP contribution in [0.4, 0.5) is 0 Å². The van der Waals surface area contributed by atoms with Crippen molar-refractivity contribution in [3.8, 4) is 23.0 Å². The summed E-state index contributed by atoms with van der Waals surface area (Å²) in [5.74, 6) is 6.25. The summed E-state index contributed by atoms with van der Waals surface area (Å²) in [5.41, 5.74) is 1.66. The monoisotopic (exact) mass is 358 g/mol. The van der Waals surface area contributed by atoms with Crippen molar-refractivity contribution < 1.29 is 19.7 Å². The van der Waals surface area contributed by atoms with Crippen molar-refractivity contribution in [3.63, 3.8) is 0 Å². The molecule has 132 valence electrons. The van der Waals surface area contributed by atoms with Crippen molar-refractivity contribution in [2.75, 3.05) is 0 Å². The SMILES string of the molecule is NN=C1C(=O)c2ccccc2C12c1ccc(O)cc1Oc1cc(O)ccc12. The van der Waals surface area contributed by atoms with Crippen molar-refractivity contribution in [2.24, 2.45) is 10.9 Å². The van der Waals surface area contributed by atoms with Gasteiger partial charge in [0.05, 0.1) is 0 Å². The number of nitrogens with two attached hydrogens (primary N) is 1. The van der Waals surface area contributed by atoms with Crippen molar-refractivity contribution in [2.45, 2.75) is 5.41 Å². The Labute approximate surface area is 154 Å². The van der Waals surface area contributed by atoms with Gasteiger partial charge in [-0.15, -0.1) is 0 Å². The third-order valence-corrected chi connectivity index (χ3v) is 5.23. The second-order valence-electron chi connectivity index (χ2n) is 6.57. The molecular formula is C21H14N2O4. The molecule has 27 heavy (non-hydrogen) atoms. The number of benzene rings is 3. The van der Waals surface area contributed by atoms with Gasteiger partial charge >= 0.3 is 0 Å². The minimum atomic E-state index is -1.08. The largest absolute Gasteiger partial charge is 0.508 e. The van der Waals surface area contributed by atoms with Crippen LogP contribution in [-0.2, 0) is 5.41 Å². The number of hydrogen-bond acceptors (Lipinski definition) is 6. The average Bonchev–Trinajstić information content (AvgIpc) is 2.91. The number of aromatic hydroxyl groups is 2. The Bertz CT molecular complexity index is 1120. The van der Waals surface area contributed by atoms with Gasteiger partial charge in [-0.2, -0.15) is 5.10 Å². The lowest BCUT2D eigenvalue weighted by molar-refractivity contribution is 0.106. The molecule has 1 heterocycles. The number of phenols is 2. The standard InChI is InChI=1S/C21H14N2O4/c22-23-20-19(26)13-3-1-2-4-14(13)21(20)15-7-5-11(24)9-17(15)27-18-10-12(25)6-8-16(18)21/h1-10,24-25H,22H2. The molecule has 1 aliphatic carbocycles. The van der Waals surface area contributed by atoms with Crippen LogP contribution in [0, 0.1) is 0 Å². The Morgan fingerprint density at radius 2 is 1.44 bits per heavy atom. The van der Waals surface area contributed by atoms with E-state index in [1.54, 1.807) is 24.3 Å². The first kappa shape index (κ1) is 15.5. The molecule has 0 amide bonds. The summed E-state index contributed by atoms with van der Waals surface area (Å²) in [6.45, 7) is 0. The lowest BCUT2D eigenvalue weighted by Gasteiger charge is -2.37. The van der Waals surface area contributed by atoms with E-state index in [1.165, 1.54) is 24.3 Å². The zero-order valence-corrected chi connectivity index (χ0v) is 14.0. The van der Waals surface area contributed by atoms with Gasteiger partial charge in [-0.3, -0.25) is 4.79 Å². The molecule has 3 aromatic rings. The van der Waals surface area contributed by atoms with E-state index in [4.69, 9.17) is 10.6 Å². The highest BCUT2D eigenvalue weighted by atomic mass is 16.5. The number of carbonyl (C=O) groups excluding carboxylic acids is 1. The minimum Gasteiger partial charge on any atom is -0.508 e. The molecule has 2 aliphatic rings. The van der Waals surface area contributed by atoms with Crippen molar-refractivity contribution >= 4 is 11.5 Å². The van der Waals surface area contributed by atoms with Gasteiger partial charge in [-0.25, -0.2) is 0 Å². The lowest BCUT2D eigenvalue weighted by atomic mass is 9.67. The molecule has 0 saturated heterocycles. The van der Waals surface area contributed by atoms with Crippen LogP contribution in [0.25, 0.3) is 0 Å². The number of phenolic OH excluding ortho intramolecular Hbond substituents is 2. The van der Waals surface area contributed by atoms with Gasteiger partial charge in [-0.05, 0) is 29.8 Å². The molecule has 0 atom stereocenters. The van der Waals surface area contributed by atoms with Gasteiger partial charge in [0.2, 0.25) is 5.78 Å². The highest BCUT2D eigenvalue weighted by molar-refractivity contribution is 6.54. The number of Topliss-reactive ketones (excluding diaryl/α,β-unsaturated/α-hetero) is 1. The zero-order valence-electron chi connectivity index (χ0n) is 14.0. The fourth-order valence-electron chi connectivity index (χ4n) is 4.21. The van der Waals surface area contributed by atoms with E-state index in [-0.39, 0.29) is 23.0 Å². The fraction of sp³-hybridized carbons (Fsp3) is 0.0476. The van der Waals surface area contributed by atoms with Crippen LogP contribution in [-0.4, -0.2) is 21.7 Å². The first-order valence-electron chi connectivity index (χ1n) is 8.34. The van der Waals surface area contributed by atoms with Crippen molar-refractivity contribution in [1.82, 2.24) is 0 Å². The molecule has 5 rings (SSSR count). The molecule has 0 saturated carbocycles. The van der Waals surface area contributed by atoms with E-state index >= 15 is 0 Å². The van der Waals surface area contributed by atoms with Crippen LogP contribution in [0.3, 0.4) is 0 Å². The van der Waals surface area contributed by atoms with Gasteiger partial charge < -0.3 is 20.8 Å². The summed E-state index contributed by atoms with van der Waals surface area (Å²) in [5, 5.41) is 23.8. The van der Waals surface area contributed by atoms with E-state index in [0.717, 1.165) is 5.56 Å². The summed E-state index contributed by atoms with van der Waals surface area (Å²) in [7, 11) is 0. The maximum absolute atomic E-state index is 13.1. The van der Waals surface area contributed by atoms with E-state index in [0.29, 0.717) is 28.2 Å². The number of carbonyl (C=O) groups is 1. The molecule has 0 unspecified atom stereocenters. The minimum absolute atomic E-state index is 0.0244. The number of nitrogens with zero attached hydrogens (tertiary/aromatic N) is 1. The number of rotatable bonds is 0. The predicted octanol–water partition coefficient (Wildman–Crippen LogP) is 3.05. The summed E-state index contributed by atoms with van der Waals surface area (Å²) < 4.78 is 5.94. The Balaban J connectivity index is 1.99. The van der Waals surface area contributed by atoms with Crippen LogP contribution in [0.2, 0.25) is 0 Å². The molecule has 6 heteroatoms. The Morgan fingerprint density at radius 1 is 0.852 bits per heavy atom. The fourth-order valence-corrected chi connectivity index (χ4v) is 4.21. The van der Waals surface area contributed by atoms with Gasteiger partial charge in [-0.1, -0.05) is 24.3 Å². The zero-order chi connectivity index (χ0) is 18.8. The van der Waals surface area contributed by atoms with Crippen LogP contribution < -0.4 is 10.6 Å². The highest BCUT2D eigenvalue weighted by Gasteiger charge is 2.56. The van der Waals surface area contributed by atoms with E-state index < -0.39 is 5.41 Å². The van der Waals surface area contributed by atoms with E-state index in [9.17, 15) is 15.0 Å². The number of fused-ring (bicyclic) bond motifs is 6. The first-order valence-corrected chi connectivity index (χ1v) is 8.34. The molecule has 0 radical (unpaired) electrons. The van der Waals surface area contributed by atoms with Crippen LogP contribution in [0.15, 0.2) is 65.8 Å². The Hall–Kier alpha value is -3.80. The molecule has 0 fully saturated rings. The lowest BCUT2D eigenvalue weighted by Crippen LogP contribution is -2.40. The molecule has 1 aliphatic heterocycles. The maximum atomic E-state index is 13.1. The molecule has 0 bridgehead atoms. The average molecular weight is 358 g/mol. The first-order chi connectivity index (χ1) is 13.1. The van der Waals surface area contributed by atoms with Crippen molar-refractivity contribution in [3.05, 3.63) is 82.9 Å². The number of hydrazone groups is 1. The van der Waals surface area contributed by atoms with Crippen LogP contribution >= 0.6 is 0 Å². The summed E-state index contributed by atoms with van der Waals surface area (Å²) in [6, 6.07) is 16.7. The summed E-state index contributed by atoms with van der Waals surface area (Å²) in [6.07, 6.45) is 0. The normalized spacial score (nSPS) is 17.3. The third-order valence-electron chi connectivity index (χ3n) is 5.23. The second kappa shape index (κ2) is 5.11. The number of hydrogen-bond donors (Lipinski definition) is 3. The summed E-state index contributed by atoms with van der Waals surface area (Å²) >= 11 is 0. The summed E-state index contributed by atoms with van der Waals surface area (Å²) in [4.78, 5) is 13.1. The van der Waals surface area contributed by atoms with E-state index in [1.807, 2.05) is 12.1 Å². The Kier molecular flexibility index (Phi) is 2.92. The number of ketones is 1. The molecular weight excluding hydrogens is 344 g/mol. The molecule has 1 spiro atoms. The second-order valence-corrected chi connectivity index (χ2v) is 6.57. The Morgan fingerprint density at radius 3 is 2.04 bits per heavy atom. The molecule has 6 nitrogen and oxygen atoms in total. The highest BCUT2D eigenvalue weighted by Crippen LogP contribution is 2.57. The predicted molar refractivity (Wildman–Crippen MR) is 98.6 cm³/mol. The van der Waals surface area contributed by atoms with E-state index in [2.05, 4.69) is 5.10 Å². The van der Waals surface area contributed by atoms with Gasteiger partial charge in [0, 0.05) is 28.8 Å². The van der Waals surface area contributed by atoms with Gasteiger partial charge in [0.15, 0.2) is 0 Å². The van der Waals surface area contributed by atoms with Crippen LogP contribution in [0.1, 0.15) is 27.0 Å². The topological polar surface area (TPSA) is 105 Å². The maximum Gasteiger partial charge on any atom is 0.210 e. The molecule has 3 aromatic carbocycles. The van der Waals surface area contributed by atoms with Gasteiger partial charge in [0.25, 0.3) is 0 Å². The smallest absolute Gasteiger partial charge is 0.210 e. The van der Waals surface area contributed by atoms with Gasteiger partial charge in [0.1, 0.15) is 34.1 Å². The molecule has 4 N–H and O–H groups in total. The third kappa shape index (κ3) is 1.79. The number of ether oxygens (including phenoxy) is 1. The quantitative estimate of drug-likeness (QED) is 0.423.